The summed E-state index contributed by atoms with van der Waals surface area (Å²) in [5.41, 5.74) is 0. The van der Waals surface area contributed by atoms with Gasteiger partial charge < -0.3 is 10.6 Å². The summed E-state index contributed by atoms with van der Waals surface area (Å²) in [5.74, 6) is 0.420. The van der Waals surface area contributed by atoms with Crippen molar-refractivity contribution < 1.29 is 4.79 Å². The molecule has 0 bridgehead atoms. The second kappa shape index (κ2) is 6.89. The molecule has 1 heterocycles. The third-order valence-electron chi connectivity index (χ3n) is 3.41. The van der Waals surface area contributed by atoms with Gasteiger partial charge in [-0.25, -0.2) is 0 Å². The number of hydrogen-bond donors (Lipinski definition) is 2. The van der Waals surface area contributed by atoms with Crippen LogP contribution in [0.15, 0.2) is 0 Å². The molecule has 1 saturated heterocycles. The highest BCUT2D eigenvalue weighted by Crippen LogP contribution is 2.14. The van der Waals surface area contributed by atoms with Gasteiger partial charge in [-0.2, -0.15) is 0 Å². The summed E-state index contributed by atoms with van der Waals surface area (Å²) in [6.45, 7) is 7.30. The topological polar surface area (TPSA) is 41.1 Å². The minimum atomic E-state index is 0.181. The van der Waals surface area contributed by atoms with Crippen molar-refractivity contribution in [2.45, 2.75) is 65.0 Å². The van der Waals surface area contributed by atoms with Crippen molar-refractivity contribution in [3.8, 4) is 0 Å². The molecule has 16 heavy (non-hydrogen) atoms. The van der Waals surface area contributed by atoms with E-state index in [1.165, 1.54) is 12.8 Å². The first-order valence-electron chi connectivity index (χ1n) is 6.67. The summed E-state index contributed by atoms with van der Waals surface area (Å²) in [6, 6.07) is 0.897. The van der Waals surface area contributed by atoms with Gasteiger partial charge in [0.2, 0.25) is 5.91 Å². The second-order valence-corrected chi connectivity index (χ2v) is 5.14. The predicted molar refractivity (Wildman–Crippen MR) is 67.3 cm³/mol. The Morgan fingerprint density at radius 2 is 2.25 bits per heavy atom. The molecule has 1 aliphatic rings. The van der Waals surface area contributed by atoms with Crippen LogP contribution in [0.5, 0.6) is 0 Å². The summed E-state index contributed by atoms with van der Waals surface area (Å²) >= 11 is 0. The second-order valence-electron chi connectivity index (χ2n) is 5.14. The van der Waals surface area contributed by atoms with Gasteiger partial charge in [-0.05, 0) is 33.1 Å². The molecule has 0 radical (unpaired) electrons. The van der Waals surface area contributed by atoms with E-state index in [9.17, 15) is 4.79 Å². The standard InChI is InChI=1S/C13H26N2O/c1-4-5-6-11(3)15-13(16)12-8-7-10(2)14-9-12/h10-12,14H,4-9H2,1-3H3,(H,15,16). The normalized spacial score (nSPS) is 27.4. The average molecular weight is 226 g/mol. The fraction of sp³-hybridized carbons (Fsp3) is 0.923. The monoisotopic (exact) mass is 226 g/mol. The number of rotatable bonds is 5. The molecule has 0 aromatic heterocycles. The van der Waals surface area contributed by atoms with E-state index in [0.717, 1.165) is 25.8 Å². The van der Waals surface area contributed by atoms with Crippen LogP contribution in [0.4, 0.5) is 0 Å². The number of unbranched alkanes of at least 4 members (excludes halogenated alkanes) is 1. The molecule has 0 aromatic carbocycles. The Kier molecular flexibility index (Phi) is 5.81. The lowest BCUT2D eigenvalue weighted by molar-refractivity contribution is -0.126. The van der Waals surface area contributed by atoms with Gasteiger partial charge in [0.25, 0.3) is 0 Å². The SMILES string of the molecule is CCCCC(C)NC(=O)C1CCC(C)NC1. The fourth-order valence-electron chi connectivity index (χ4n) is 2.17. The smallest absolute Gasteiger partial charge is 0.224 e. The Morgan fingerprint density at radius 1 is 1.50 bits per heavy atom. The van der Waals surface area contributed by atoms with E-state index in [2.05, 4.69) is 31.4 Å². The van der Waals surface area contributed by atoms with E-state index in [4.69, 9.17) is 0 Å². The molecule has 3 nitrogen and oxygen atoms in total. The maximum Gasteiger partial charge on any atom is 0.224 e. The Balaban J connectivity index is 2.23. The van der Waals surface area contributed by atoms with E-state index in [1.807, 2.05) is 0 Å². The highest BCUT2D eigenvalue weighted by atomic mass is 16.1. The minimum absolute atomic E-state index is 0.181. The molecule has 1 rings (SSSR count). The summed E-state index contributed by atoms with van der Waals surface area (Å²) in [5, 5.41) is 6.49. The Labute approximate surface area is 99.4 Å². The molecule has 0 aromatic rings. The van der Waals surface area contributed by atoms with E-state index < -0.39 is 0 Å². The van der Waals surface area contributed by atoms with Crippen LogP contribution in [-0.2, 0) is 4.79 Å². The Bertz CT molecular complexity index is 210. The van der Waals surface area contributed by atoms with Gasteiger partial charge in [0, 0.05) is 18.6 Å². The van der Waals surface area contributed by atoms with E-state index >= 15 is 0 Å². The van der Waals surface area contributed by atoms with Crippen molar-refractivity contribution in [2.75, 3.05) is 6.54 Å². The van der Waals surface area contributed by atoms with Crippen molar-refractivity contribution in [3.05, 3.63) is 0 Å². The van der Waals surface area contributed by atoms with Gasteiger partial charge in [-0.15, -0.1) is 0 Å². The van der Waals surface area contributed by atoms with Crippen LogP contribution >= 0.6 is 0 Å². The number of amides is 1. The zero-order valence-corrected chi connectivity index (χ0v) is 10.9. The lowest BCUT2D eigenvalue weighted by atomic mass is 9.94. The third kappa shape index (κ3) is 4.52. The van der Waals surface area contributed by atoms with Gasteiger partial charge >= 0.3 is 0 Å². The van der Waals surface area contributed by atoms with Crippen LogP contribution in [0.3, 0.4) is 0 Å². The van der Waals surface area contributed by atoms with Crippen LogP contribution in [0.25, 0.3) is 0 Å². The summed E-state index contributed by atoms with van der Waals surface area (Å²) in [7, 11) is 0. The highest BCUT2D eigenvalue weighted by Gasteiger charge is 2.24. The van der Waals surface area contributed by atoms with E-state index in [0.29, 0.717) is 12.1 Å². The molecule has 0 saturated carbocycles. The van der Waals surface area contributed by atoms with Crippen LogP contribution in [0.2, 0.25) is 0 Å². The van der Waals surface area contributed by atoms with Crippen LogP contribution in [-0.4, -0.2) is 24.5 Å². The highest BCUT2D eigenvalue weighted by molar-refractivity contribution is 5.79. The summed E-state index contributed by atoms with van der Waals surface area (Å²) < 4.78 is 0. The van der Waals surface area contributed by atoms with Gasteiger partial charge in [0.05, 0.1) is 5.92 Å². The van der Waals surface area contributed by atoms with Crippen molar-refractivity contribution in [1.82, 2.24) is 10.6 Å². The van der Waals surface area contributed by atoms with Crippen molar-refractivity contribution in [3.63, 3.8) is 0 Å². The van der Waals surface area contributed by atoms with Crippen molar-refractivity contribution >= 4 is 5.91 Å². The molecule has 3 atom stereocenters. The molecule has 0 aliphatic carbocycles. The van der Waals surface area contributed by atoms with Crippen LogP contribution in [0, 0.1) is 5.92 Å². The van der Waals surface area contributed by atoms with Gasteiger partial charge in [0.15, 0.2) is 0 Å². The van der Waals surface area contributed by atoms with Crippen LogP contribution in [0.1, 0.15) is 52.9 Å². The molecule has 0 spiro atoms. The van der Waals surface area contributed by atoms with Gasteiger partial charge in [-0.3, -0.25) is 4.79 Å². The molecule has 3 unspecified atom stereocenters. The molecule has 1 aliphatic heterocycles. The zero-order valence-electron chi connectivity index (χ0n) is 10.9. The van der Waals surface area contributed by atoms with Gasteiger partial charge in [-0.1, -0.05) is 19.8 Å². The summed E-state index contributed by atoms with van der Waals surface area (Å²) in [4.78, 5) is 11.9. The van der Waals surface area contributed by atoms with Crippen molar-refractivity contribution in [2.24, 2.45) is 5.92 Å². The first-order chi connectivity index (χ1) is 7.63. The number of carbonyl (C=O) groups is 1. The maximum absolute atomic E-state index is 11.9. The molecule has 1 amide bonds. The fourth-order valence-corrected chi connectivity index (χ4v) is 2.17. The average Bonchev–Trinajstić information content (AvgIpc) is 2.27. The molecule has 3 heteroatoms. The maximum atomic E-state index is 11.9. The van der Waals surface area contributed by atoms with Crippen molar-refractivity contribution in [1.29, 1.82) is 0 Å². The minimum Gasteiger partial charge on any atom is -0.353 e. The largest absolute Gasteiger partial charge is 0.353 e. The first-order valence-corrected chi connectivity index (χ1v) is 6.67. The van der Waals surface area contributed by atoms with Crippen LogP contribution < -0.4 is 10.6 Å². The molecule has 94 valence electrons. The number of carbonyl (C=O) groups excluding carboxylic acids is 1. The number of nitrogens with one attached hydrogen (secondary N) is 2. The molecule has 2 N–H and O–H groups in total. The predicted octanol–water partition coefficient (Wildman–Crippen LogP) is 2.07. The Morgan fingerprint density at radius 3 is 2.81 bits per heavy atom. The third-order valence-corrected chi connectivity index (χ3v) is 3.41. The first kappa shape index (κ1) is 13.5. The van der Waals surface area contributed by atoms with Gasteiger partial charge in [0.1, 0.15) is 0 Å². The number of piperidine rings is 1. The lowest BCUT2D eigenvalue weighted by Gasteiger charge is -2.27. The number of hydrogen-bond acceptors (Lipinski definition) is 2. The molecular weight excluding hydrogens is 200 g/mol. The Hall–Kier alpha value is -0.570. The molecule has 1 fully saturated rings. The molecular formula is C13H26N2O. The zero-order chi connectivity index (χ0) is 12.0. The summed E-state index contributed by atoms with van der Waals surface area (Å²) in [6.07, 6.45) is 5.63. The van der Waals surface area contributed by atoms with E-state index in [1.54, 1.807) is 0 Å². The van der Waals surface area contributed by atoms with E-state index in [-0.39, 0.29) is 11.8 Å². The quantitative estimate of drug-likeness (QED) is 0.753. The lowest BCUT2D eigenvalue weighted by Crippen LogP contribution is -2.46.